The molecule has 0 aliphatic heterocycles. The fraction of sp³-hybridized carbons (Fsp3) is 0.333. The fourth-order valence-electron chi connectivity index (χ4n) is 2.83. The highest BCUT2D eigenvalue weighted by Crippen LogP contribution is 2.45. The molecule has 0 unspecified atom stereocenters. The maximum atomic E-state index is 4.61. The summed E-state index contributed by atoms with van der Waals surface area (Å²) in [6.07, 6.45) is 3.98. The van der Waals surface area contributed by atoms with Gasteiger partial charge in [0.05, 0.1) is 11.8 Å². The lowest BCUT2D eigenvalue weighted by Gasteiger charge is -2.18. The predicted octanol–water partition coefficient (Wildman–Crippen LogP) is 2.70. The molecular formula is C15H17N2+. The number of rotatable bonds is 1. The standard InChI is InChI=1S/C15H17N2/c1-4-17-10-9-16-14-13(17)11-7-5-6-8-12(11)15(14,2)3/h5-10H,4H2,1-3H3/q+1. The van der Waals surface area contributed by atoms with Gasteiger partial charge in [0.25, 0.3) is 0 Å². The monoisotopic (exact) mass is 225 g/mol. The van der Waals surface area contributed by atoms with Crippen LogP contribution in [0.2, 0.25) is 0 Å². The molecule has 86 valence electrons. The van der Waals surface area contributed by atoms with Crippen molar-refractivity contribution in [1.82, 2.24) is 4.98 Å². The highest BCUT2D eigenvalue weighted by atomic mass is 15.0. The first-order valence-corrected chi connectivity index (χ1v) is 6.15. The van der Waals surface area contributed by atoms with Crippen molar-refractivity contribution in [3.63, 3.8) is 0 Å². The van der Waals surface area contributed by atoms with Gasteiger partial charge in [-0.3, -0.25) is 0 Å². The van der Waals surface area contributed by atoms with Crippen molar-refractivity contribution >= 4 is 0 Å². The number of fused-ring (bicyclic) bond motifs is 3. The molecule has 0 spiro atoms. The third-order valence-electron chi connectivity index (χ3n) is 3.75. The van der Waals surface area contributed by atoms with Gasteiger partial charge in [0.2, 0.25) is 5.69 Å². The molecule has 0 bridgehead atoms. The normalized spacial score (nSPS) is 15.5. The molecule has 1 heterocycles. The van der Waals surface area contributed by atoms with Gasteiger partial charge in [-0.05, 0) is 32.4 Å². The van der Waals surface area contributed by atoms with Crippen LogP contribution in [0, 0.1) is 0 Å². The zero-order valence-electron chi connectivity index (χ0n) is 10.6. The van der Waals surface area contributed by atoms with Crippen molar-refractivity contribution in [3.05, 3.63) is 47.9 Å². The Labute approximate surface area is 102 Å². The van der Waals surface area contributed by atoms with Crippen LogP contribution in [0.3, 0.4) is 0 Å². The second kappa shape index (κ2) is 3.39. The maximum Gasteiger partial charge on any atom is 0.235 e. The summed E-state index contributed by atoms with van der Waals surface area (Å²) in [5, 5.41) is 0. The summed E-state index contributed by atoms with van der Waals surface area (Å²) in [7, 11) is 0. The molecule has 0 N–H and O–H groups in total. The molecule has 0 atom stereocenters. The van der Waals surface area contributed by atoms with E-state index in [-0.39, 0.29) is 5.41 Å². The van der Waals surface area contributed by atoms with Crippen molar-refractivity contribution < 1.29 is 4.57 Å². The number of hydrogen-bond donors (Lipinski definition) is 0. The van der Waals surface area contributed by atoms with Crippen molar-refractivity contribution in [3.8, 4) is 11.3 Å². The van der Waals surface area contributed by atoms with E-state index in [1.165, 1.54) is 22.5 Å². The lowest BCUT2D eigenvalue weighted by molar-refractivity contribution is -0.683. The van der Waals surface area contributed by atoms with Gasteiger partial charge in [-0.25, -0.2) is 4.98 Å². The van der Waals surface area contributed by atoms with Crippen LogP contribution in [0.4, 0.5) is 0 Å². The van der Waals surface area contributed by atoms with E-state index >= 15 is 0 Å². The second-order valence-electron chi connectivity index (χ2n) is 5.08. The van der Waals surface area contributed by atoms with Crippen LogP contribution in [0.5, 0.6) is 0 Å². The van der Waals surface area contributed by atoms with Gasteiger partial charge >= 0.3 is 0 Å². The van der Waals surface area contributed by atoms with E-state index < -0.39 is 0 Å². The van der Waals surface area contributed by atoms with Crippen LogP contribution in [-0.4, -0.2) is 4.98 Å². The van der Waals surface area contributed by atoms with E-state index in [2.05, 4.69) is 60.8 Å². The number of nitrogens with zero attached hydrogens (tertiary/aromatic N) is 2. The van der Waals surface area contributed by atoms with E-state index in [4.69, 9.17) is 0 Å². The van der Waals surface area contributed by atoms with Gasteiger partial charge in [0.1, 0.15) is 12.2 Å². The molecule has 0 fully saturated rings. The zero-order chi connectivity index (χ0) is 12.0. The van der Waals surface area contributed by atoms with Crippen molar-refractivity contribution in [2.45, 2.75) is 32.7 Å². The Bertz CT molecular complexity index is 585. The summed E-state index contributed by atoms with van der Waals surface area (Å²) in [6.45, 7) is 7.67. The van der Waals surface area contributed by atoms with E-state index in [0.29, 0.717) is 0 Å². The van der Waals surface area contributed by atoms with Crippen LogP contribution in [0.15, 0.2) is 36.7 Å². The average molecular weight is 225 g/mol. The van der Waals surface area contributed by atoms with Crippen molar-refractivity contribution in [1.29, 1.82) is 0 Å². The highest BCUT2D eigenvalue weighted by Gasteiger charge is 2.42. The average Bonchev–Trinajstić information content (AvgIpc) is 2.60. The largest absolute Gasteiger partial charge is 0.247 e. The first-order chi connectivity index (χ1) is 8.16. The summed E-state index contributed by atoms with van der Waals surface area (Å²) >= 11 is 0. The quantitative estimate of drug-likeness (QED) is 0.682. The summed E-state index contributed by atoms with van der Waals surface area (Å²) in [5.74, 6) is 0. The number of aromatic nitrogens is 2. The minimum atomic E-state index is 0.0180. The molecular weight excluding hydrogens is 208 g/mol. The van der Waals surface area contributed by atoms with E-state index in [0.717, 1.165) is 6.54 Å². The van der Waals surface area contributed by atoms with Crippen LogP contribution < -0.4 is 4.57 Å². The number of aryl methyl sites for hydroxylation is 1. The van der Waals surface area contributed by atoms with Crippen LogP contribution in [-0.2, 0) is 12.0 Å². The fourth-order valence-corrected chi connectivity index (χ4v) is 2.83. The van der Waals surface area contributed by atoms with Gasteiger partial charge in [0.15, 0.2) is 6.20 Å². The molecule has 1 aliphatic rings. The molecule has 0 radical (unpaired) electrons. The van der Waals surface area contributed by atoms with Crippen molar-refractivity contribution in [2.75, 3.05) is 0 Å². The van der Waals surface area contributed by atoms with Crippen LogP contribution in [0.25, 0.3) is 11.3 Å². The first kappa shape index (κ1) is 10.5. The Balaban J connectivity index is 2.41. The zero-order valence-corrected chi connectivity index (χ0v) is 10.6. The lowest BCUT2D eigenvalue weighted by atomic mass is 9.85. The Morgan fingerprint density at radius 2 is 2.00 bits per heavy atom. The minimum Gasteiger partial charge on any atom is -0.247 e. The van der Waals surface area contributed by atoms with E-state index in [1.807, 2.05) is 6.20 Å². The molecule has 3 rings (SSSR count). The third kappa shape index (κ3) is 1.27. The van der Waals surface area contributed by atoms with Gasteiger partial charge in [-0.2, -0.15) is 4.57 Å². The predicted molar refractivity (Wildman–Crippen MR) is 67.7 cm³/mol. The number of benzene rings is 1. The molecule has 17 heavy (non-hydrogen) atoms. The van der Waals surface area contributed by atoms with E-state index in [9.17, 15) is 0 Å². The maximum absolute atomic E-state index is 4.61. The molecule has 2 nitrogen and oxygen atoms in total. The SMILES string of the molecule is CC[n+]1ccnc2c1-c1ccccc1C2(C)C. The van der Waals surface area contributed by atoms with Crippen LogP contribution >= 0.6 is 0 Å². The smallest absolute Gasteiger partial charge is 0.235 e. The molecule has 2 heteroatoms. The Morgan fingerprint density at radius 1 is 1.24 bits per heavy atom. The van der Waals surface area contributed by atoms with Gasteiger partial charge in [-0.15, -0.1) is 0 Å². The summed E-state index contributed by atoms with van der Waals surface area (Å²) < 4.78 is 2.29. The molecule has 0 saturated carbocycles. The third-order valence-corrected chi connectivity index (χ3v) is 3.75. The van der Waals surface area contributed by atoms with Gasteiger partial charge in [-0.1, -0.05) is 18.2 Å². The Kier molecular flexibility index (Phi) is 2.09. The van der Waals surface area contributed by atoms with E-state index in [1.54, 1.807) is 0 Å². The molecule has 0 amide bonds. The number of hydrogen-bond acceptors (Lipinski definition) is 1. The lowest BCUT2D eigenvalue weighted by Crippen LogP contribution is -2.36. The summed E-state index contributed by atoms with van der Waals surface area (Å²) in [5.41, 5.74) is 5.22. The second-order valence-corrected chi connectivity index (χ2v) is 5.08. The summed E-state index contributed by atoms with van der Waals surface area (Å²) in [4.78, 5) is 4.61. The summed E-state index contributed by atoms with van der Waals surface area (Å²) in [6, 6.07) is 8.65. The van der Waals surface area contributed by atoms with Gasteiger partial charge < -0.3 is 0 Å². The first-order valence-electron chi connectivity index (χ1n) is 6.15. The molecule has 2 aromatic rings. The van der Waals surface area contributed by atoms with Gasteiger partial charge in [0, 0.05) is 5.41 Å². The minimum absolute atomic E-state index is 0.0180. The molecule has 1 aliphatic carbocycles. The Hall–Kier alpha value is -1.70. The molecule has 0 saturated heterocycles. The topological polar surface area (TPSA) is 16.8 Å². The Morgan fingerprint density at radius 3 is 2.76 bits per heavy atom. The highest BCUT2D eigenvalue weighted by molar-refractivity contribution is 5.73. The van der Waals surface area contributed by atoms with Crippen LogP contribution in [0.1, 0.15) is 32.0 Å². The molecule has 1 aromatic heterocycles. The van der Waals surface area contributed by atoms with Crippen molar-refractivity contribution in [2.24, 2.45) is 0 Å². The molecule has 1 aromatic carbocycles.